The maximum absolute atomic E-state index is 13.3. The van der Waals surface area contributed by atoms with Gasteiger partial charge in [-0.2, -0.15) is 0 Å². The van der Waals surface area contributed by atoms with E-state index in [1.807, 2.05) is 6.08 Å². The monoisotopic (exact) mass is 310 g/mol. The highest BCUT2D eigenvalue weighted by Gasteiger charge is 2.19. The highest BCUT2D eigenvalue weighted by molar-refractivity contribution is 5.27. The molecule has 0 amide bonds. The van der Waals surface area contributed by atoms with E-state index >= 15 is 0 Å². The lowest BCUT2D eigenvalue weighted by molar-refractivity contribution is 0.308. The lowest BCUT2D eigenvalue weighted by Crippen LogP contribution is -2.12. The van der Waals surface area contributed by atoms with Crippen molar-refractivity contribution in [1.29, 1.82) is 0 Å². The molecule has 0 radical (unpaired) electrons. The van der Waals surface area contributed by atoms with Crippen LogP contribution in [0.5, 0.6) is 0 Å². The molecule has 0 aromatic heterocycles. The quantitative estimate of drug-likeness (QED) is 0.397. The summed E-state index contributed by atoms with van der Waals surface area (Å²) in [7, 11) is 0. The smallest absolute Gasteiger partial charge is 0.154 e. The molecule has 4 atom stereocenters. The average Bonchev–Trinajstić information content (AvgIpc) is 2.51. The summed E-state index contributed by atoms with van der Waals surface area (Å²) in [4.78, 5) is 0. The zero-order valence-corrected chi connectivity index (χ0v) is 14.7. The molecular formula is C20H32F2. The summed E-state index contributed by atoms with van der Waals surface area (Å²) >= 11 is 0. The minimum atomic E-state index is -0.659. The van der Waals surface area contributed by atoms with Crippen LogP contribution in [0.1, 0.15) is 66.2 Å². The van der Waals surface area contributed by atoms with Crippen LogP contribution in [0, 0.1) is 23.7 Å². The molecule has 4 unspecified atom stereocenters. The van der Waals surface area contributed by atoms with E-state index < -0.39 is 11.7 Å². The maximum Gasteiger partial charge on any atom is 0.154 e. The van der Waals surface area contributed by atoms with Crippen LogP contribution in [0.4, 0.5) is 8.78 Å². The summed E-state index contributed by atoms with van der Waals surface area (Å²) in [5.41, 5.74) is 1.07. The van der Waals surface area contributed by atoms with E-state index in [1.165, 1.54) is 18.9 Å². The third kappa shape index (κ3) is 6.06. The molecule has 22 heavy (non-hydrogen) atoms. The molecule has 0 fully saturated rings. The third-order valence-corrected chi connectivity index (χ3v) is 5.34. The Balaban J connectivity index is 2.38. The molecule has 0 aromatic carbocycles. The van der Waals surface area contributed by atoms with E-state index in [9.17, 15) is 8.78 Å². The zero-order chi connectivity index (χ0) is 16.7. The lowest BCUT2D eigenvalue weighted by atomic mass is 9.82. The van der Waals surface area contributed by atoms with Crippen LogP contribution in [0.25, 0.3) is 0 Å². The fourth-order valence-electron chi connectivity index (χ4n) is 2.99. The van der Waals surface area contributed by atoms with Crippen LogP contribution >= 0.6 is 0 Å². The van der Waals surface area contributed by atoms with Crippen molar-refractivity contribution in [2.24, 2.45) is 23.7 Å². The normalized spacial score (nSPS) is 21.1. The maximum atomic E-state index is 13.3. The van der Waals surface area contributed by atoms with Gasteiger partial charge in [-0.25, -0.2) is 8.78 Å². The number of hydrogen-bond acceptors (Lipinski definition) is 0. The van der Waals surface area contributed by atoms with Crippen molar-refractivity contribution >= 4 is 0 Å². The predicted octanol–water partition coefficient (Wildman–Crippen LogP) is 7.15. The molecule has 1 aliphatic rings. The number of allylic oxidation sites excluding steroid dienone is 5. The molecule has 0 heterocycles. The fraction of sp³-hybridized carbons (Fsp3) is 0.700. The summed E-state index contributed by atoms with van der Waals surface area (Å²) in [6.45, 7) is 12.8. The molecule has 0 nitrogen and oxygen atoms in total. The van der Waals surface area contributed by atoms with Gasteiger partial charge >= 0.3 is 0 Å². The van der Waals surface area contributed by atoms with Gasteiger partial charge in [0.05, 0.1) is 0 Å². The summed E-state index contributed by atoms with van der Waals surface area (Å²) < 4.78 is 26.4. The van der Waals surface area contributed by atoms with E-state index in [2.05, 4.69) is 34.3 Å². The second-order valence-corrected chi connectivity index (χ2v) is 7.20. The first-order valence-electron chi connectivity index (χ1n) is 8.72. The summed E-state index contributed by atoms with van der Waals surface area (Å²) in [6.07, 6.45) is 8.98. The van der Waals surface area contributed by atoms with E-state index in [1.54, 1.807) is 0 Å². The van der Waals surface area contributed by atoms with Crippen LogP contribution in [-0.4, -0.2) is 0 Å². The highest BCUT2D eigenvalue weighted by Crippen LogP contribution is 2.33. The minimum Gasteiger partial charge on any atom is -0.209 e. The summed E-state index contributed by atoms with van der Waals surface area (Å²) in [6, 6.07) is 0. The molecule has 0 bridgehead atoms. The molecule has 2 heteroatoms. The van der Waals surface area contributed by atoms with Gasteiger partial charge in [0.1, 0.15) is 5.83 Å². The summed E-state index contributed by atoms with van der Waals surface area (Å²) in [5.74, 6) is 1.05. The Morgan fingerprint density at radius 3 is 2.14 bits per heavy atom. The summed E-state index contributed by atoms with van der Waals surface area (Å²) in [5, 5.41) is 0. The van der Waals surface area contributed by atoms with Crippen molar-refractivity contribution < 1.29 is 8.78 Å². The third-order valence-electron chi connectivity index (χ3n) is 5.34. The van der Waals surface area contributed by atoms with Crippen molar-refractivity contribution in [3.05, 3.63) is 36.0 Å². The van der Waals surface area contributed by atoms with Crippen molar-refractivity contribution in [3.63, 3.8) is 0 Å². The molecule has 0 saturated heterocycles. The number of rotatable bonds is 9. The zero-order valence-electron chi connectivity index (χ0n) is 14.7. The van der Waals surface area contributed by atoms with Crippen molar-refractivity contribution in [2.75, 3.05) is 0 Å². The Kier molecular flexibility index (Phi) is 8.06. The molecule has 0 aromatic rings. The Hall–Kier alpha value is -0.920. The molecule has 126 valence electrons. The minimum absolute atomic E-state index is 0.230. The molecule has 0 spiro atoms. The van der Waals surface area contributed by atoms with E-state index in [-0.39, 0.29) is 6.42 Å². The largest absolute Gasteiger partial charge is 0.209 e. The molecule has 0 N–H and O–H groups in total. The first-order chi connectivity index (χ1) is 10.3. The second-order valence-electron chi connectivity index (χ2n) is 7.20. The molecule has 0 aliphatic heterocycles. The van der Waals surface area contributed by atoms with E-state index in [0.717, 1.165) is 18.4 Å². The predicted molar refractivity (Wildman–Crippen MR) is 91.9 cm³/mol. The van der Waals surface area contributed by atoms with Crippen LogP contribution in [0.2, 0.25) is 0 Å². The molecular weight excluding hydrogens is 278 g/mol. The van der Waals surface area contributed by atoms with Crippen LogP contribution in [0.3, 0.4) is 0 Å². The highest BCUT2D eigenvalue weighted by atomic mass is 19.2. The Morgan fingerprint density at radius 2 is 1.59 bits per heavy atom. The molecule has 0 saturated carbocycles. The van der Waals surface area contributed by atoms with Gasteiger partial charge in [0.2, 0.25) is 0 Å². The van der Waals surface area contributed by atoms with Crippen LogP contribution < -0.4 is 0 Å². The standard InChI is InChI=1S/C20H32F2/c1-6-14(2)7-8-15(3)16(4)9-10-17(5)18-11-12-19(21)20(22)13-18/h6,13-17H,1,7-12H2,2-5H3. The Labute approximate surface area is 135 Å². The van der Waals surface area contributed by atoms with Gasteiger partial charge in [0.25, 0.3) is 0 Å². The second kappa shape index (κ2) is 9.27. The van der Waals surface area contributed by atoms with Crippen LogP contribution in [-0.2, 0) is 0 Å². The van der Waals surface area contributed by atoms with Crippen LogP contribution in [0.15, 0.2) is 36.0 Å². The Morgan fingerprint density at radius 1 is 1.00 bits per heavy atom. The Bertz CT molecular complexity index is 419. The number of hydrogen-bond donors (Lipinski definition) is 0. The average molecular weight is 310 g/mol. The van der Waals surface area contributed by atoms with Gasteiger partial charge < -0.3 is 0 Å². The topological polar surface area (TPSA) is 0 Å². The van der Waals surface area contributed by atoms with Crippen molar-refractivity contribution in [2.45, 2.75) is 66.2 Å². The number of halogens is 2. The van der Waals surface area contributed by atoms with Gasteiger partial charge in [-0.15, -0.1) is 6.58 Å². The van der Waals surface area contributed by atoms with Gasteiger partial charge in [-0.3, -0.25) is 0 Å². The van der Waals surface area contributed by atoms with Gasteiger partial charge in [-0.05, 0) is 61.9 Å². The fourth-order valence-corrected chi connectivity index (χ4v) is 2.99. The molecule has 1 aliphatic carbocycles. The van der Waals surface area contributed by atoms with Crippen molar-refractivity contribution in [1.82, 2.24) is 0 Å². The molecule has 1 rings (SSSR count). The van der Waals surface area contributed by atoms with Gasteiger partial charge in [0, 0.05) is 6.42 Å². The first kappa shape index (κ1) is 19.1. The van der Waals surface area contributed by atoms with Gasteiger partial charge in [-0.1, -0.05) is 39.3 Å². The van der Waals surface area contributed by atoms with Gasteiger partial charge in [0.15, 0.2) is 5.83 Å². The lowest BCUT2D eigenvalue weighted by Gasteiger charge is -2.24. The SMILES string of the molecule is C=CC(C)CCC(C)C(C)CCC(C)C1=CC(F)=C(F)CC1. The van der Waals surface area contributed by atoms with Crippen molar-refractivity contribution in [3.8, 4) is 0 Å². The van der Waals surface area contributed by atoms with E-state index in [4.69, 9.17) is 0 Å². The van der Waals surface area contributed by atoms with E-state index in [0.29, 0.717) is 30.1 Å². The first-order valence-corrected chi connectivity index (χ1v) is 8.72.